The van der Waals surface area contributed by atoms with Crippen molar-refractivity contribution in [2.45, 2.75) is 26.7 Å². The van der Waals surface area contributed by atoms with E-state index in [-0.39, 0.29) is 5.78 Å². The van der Waals surface area contributed by atoms with Crippen molar-refractivity contribution < 1.29 is 4.79 Å². The summed E-state index contributed by atoms with van der Waals surface area (Å²) in [7, 11) is 0. The van der Waals surface area contributed by atoms with Gasteiger partial charge >= 0.3 is 0 Å². The number of carbonyl (C=O) groups is 1. The molecule has 2 heteroatoms. The van der Waals surface area contributed by atoms with Crippen LogP contribution in [-0.4, -0.2) is 5.78 Å². The molecule has 0 saturated heterocycles. The molecule has 0 heterocycles. The Morgan fingerprint density at radius 1 is 1.38 bits per heavy atom. The molecule has 0 aliphatic carbocycles. The third kappa shape index (κ3) is 2.79. The molecule has 13 heavy (non-hydrogen) atoms. The van der Waals surface area contributed by atoms with Crippen LogP contribution in [0.1, 0.15) is 25.0 Å². The molecular formula is C11H13IO. The van der Waals surface area contributed by atoms with Gasteiger partial charge in [-0.2, -0.15) is 0 Å². The molecule has 70 valence electrons. The summed E-state index contributed by atoms with van der Waals surface area (Å²) in [5, 5.41) is 0. The molecule has 0 atom stereocenters. The van der Waals surface area contributed by atoms with Gasteiger partial charge in [0.1, 0.15) is 5.78 Å². The Kier molecular flexibility index (Phi) is 3.90. The lowest BCUT2D eigenvalue weighted by Crippen LogP contribution is -2.00. The molecule has 1 rings (SSSR count). The number of aryl methyl sites for hydroxylation is 1. The number of halogens is 1. The number of hydrogen-bond acceptors (Lipinski definition) is 1. The number of hydrogen-bond donors (Lipinski definition) is 0. The number of rotatable bonds is 3. The average Bonchev–Trinajstić information content (AvgIpc) is 2.08. The van der Waals surface area contributed by atoms with E-state index in [1.165, 1.54) is 9.13 Å². The zero-order chi connectivity index (χ0) is 9.84. The van der Waals surface area contributed by atoms with E-state index in [1.54, 1.807) is 6.92 Å². The molecule has 0 aromatic heterocycles. The highest BCUT2D eigenvalue weighted by atomic mass is 127. The Morgan fingerprint density at radius 3 is 2.54 bits per heavy atom. The van der Waals surface area contributed by atoms with E-state index in [9.17, 15) is 4.79 Å². The summed E-state index contributed by atoms with van der Waals surface area (Å²) < 4.78 is 1.25. The maximum absolute atomic E-state index is 11.0. The standard InChI is InChI=1S/C11H13IO/c1-3-9-5-4-6-10(11(9)12)7-8(2)13/h4-6H,3,7H2,1-2H3. The van der Waals surface area contributed by atoms with Gasteiger partial charge in [-0.15, -0.1) is 0 Å². The Balaban J connectivity index is 3.01. The molecule has 0 spiro atoms. The van der Waals surface area contributed by atoms with Crippen LogP contribution in [0.4, 0.5) is 0 Å². The Hall–Kier alpha value is -0.380. The predicted molar refractivity (Wildman–Crippen MR) is 62.9 cm³/mol. The van der Waals surface area contributed by atoms with E-state index in [0.29, 0.717) is 6.42 Å². The van der Waals surface area contributed by atoms with Gasteiger partial charge in [0.2, 0.25) is 0 Å². The van der Waals surface area contributed by atoms with Crippen molar-refractivity contribution in [3.8, 4) is 0 Å². The van der Waals surface area contributed by atoms with Crippen LogP contribution in [0.5, 0.6) is 0 Å². The van der Waals surface area contributed by atoms with Gasteiger partial charge in [0.05, 0.1) is 0 Å². The van der Waals surface area contributed by atoms with Gasteiger partial charge in [0.25, 0.3) is 0 Å². The first-order valence-corrected chi connectivity index (χ1v) is 5.48. The van der Waals surface area contributed by atoms with Gasteiger partial charge in [-0.25, -0.2) is 0 Å². The third-order valence-corrected chi connectivity index (χ3v) is 3.36. The van der Waals surface area contributed by atoms with Crippen LogP contribution in [0, 0.1) is 3.57 Å². The molecule has 0 bridgehead atoms. The van der Waals surface area contributed by atoms with Crippen LogP contribution >= 0.6 is 22.6 Å². The van der Waals surface area contributed by atoms with Crippen LogP contribution in [-0.2, 0) is 17.6 Å². The normalized spacial score (nSPS) is 10.1. The number of benzene rings is 1. The van der Waals surface area contributed by atoms with E-state index in [2.05, 4.69) is 35.6 Å². The second kappa shape index (κ2) is 4.74. The van der Waals surface area contributed by atoms with E-state index in [4.69, 9.17) is 0 Å². The Bertz CT molecular complexity index is 318. The fraction of sp³-hybridized carbons (Fsp3) is 0.364. The second-order valence-corrected chi connectivity index (χ2v) is 4.20. The molecule has 0 fully saturated rings. The number of Topliss-reactive ketones (excluding diaryl/α,β-unsaturated/α-hetero) is 1. The quantitative estimate of drug-likeness (QED) is 0.781. The summed E-state index contributed by atoms with van der Waals surface area (Å²) in [6.45, 7) is 3.77. The molecule has 0 radical (unpaired) electrons. The van der Waals surface area contributed by atoms with Crippen molar-refractivity contribution in [1.82, 2.24) is 0 Å². The first-order valence-electron chi connectivity index (χ1n) is 4.40. The SMILES string of the molecule is CCc1cccc(CC(C)=O)c1I. The number of ketones is 1. The highest BCUT2D eigenvalue weighted by Crippen LogP contribution is 2.18. The molecule has 0 N–H and O–H groups in total. The van der Waals surface area contributed by atoms with Gasteiger partial charge in [-0.3, -0.25) is 4.79 Å². The summed E-state index contributed by atoms with van der Waals surface area (Å²) in [4.78, 5) is 11.0. The largest absolute Gasteiger partial charge is 0.300 e. The van der Waals surface area contributed by atoms with Gasteiger partial charge in [0, 0.05) is 9.99 Å². The minimum atomic E-state index is 0.228. The van der Waals surface area contributed by atoms with Gasteiger partial charge in [-0.1, -0.05) is 25.1 Å². The number of carbonyl (C=O) groups excluding carboxylic acids is 1. The van der Waals surface area contributed by atoms with Crippen molar-refractivity contribution in [2.24, 2.45) is 0 Å². The molecule has 0 amide bonds. The first-order chi connectivity index (χ1) is 6.15. The highest BCUT2D eigenvalue weighted by molar-refractivity contribution is 14.1. The lowest BCUT2D eigenvalue weighted by Gasteiger charge is -2.06. The molecule has 0 aliphatic heterocycles. The topological polar surface area (TPSA) is 17.1 Å². The minimum Gasteiger partial charge on any atom is -0.300 e. The molecule has 0 aliphatic rings. The van der Waals surface area contributed by atoms with Crippen LogP contribution in [0.3, 0.4) is 0 Å². The van der Waals surface area contributed by atoms with E-state index >= 15 is 0 Å². The van der Waals surface area contributed by atoms with Crippen molar-refractivity contribution in [1.29, 1.82) is 0 Å². The fourth-order valence-electron chi connectivity index (χ4n) is 1.31. The zero-order valence-corrected chi connectivity index (χ0v) is 10.1. The third-order valence-electron chi connectivity index (χ3n) is 1.98. The van der Waals surface area contributed by atoms with Gasteiger partial charge in [-0.05, 0) is 47.1 Å². The summed E-state index contributed by atoms with van der Waals surface area (Å²) in [5.41, 5.74) is 2.49. The summed E-state index contributed by atoms with van der Waals surface area (Å²) in [6, 6.07) is 6.17. The van der Waals surface area contributed by atoms with Crippen molar-refractivity contribution in [2.75, 3.05) is 0 Å². The van der Waals surface area contributed by atoms with Gasteiger partial charge < -0.3 is 0 Å². The smallest absolute Gasteiger partial charge is 0.134 e. The summed E-state index contributed by atoms with van der Waals surface area (Å²) >= 11 is 2.32. The van der Waals surface area contributed by atoms with E-state index in [0.717, 1.165) is 12.0 Å². The Labute approximate surface area is 92.7 Å². The highest BCUT2D eigenvalue weighted by Gasteiger charge is 2.05. The summed E-state index contributed by atoms with van der Waals surface area (Å²) in [6.07, 6.45) is 1.59. The zero-order valence-electron chi connectivity index (χ0n) is 7.93. The molecule has 1 nitrogen and oxygen atoms in total. The molecule has 0 unspecified atom stereocenters. The molecular weight excluding hydrogens is 275 g/mol. The summed E-state index contributed by atoms with van der Waals surface area (Å²) in [5.74, 6) is 0.228. The van der Waals surface area contributed by atoms with Crippen LogP contribution in [0.25, 0.3) is 0 Å². The lowest BCUT2D eigenvalue weighted by molar-refractivity contribution is -0.116. The van der Waals surface area contributed by atoms with E-state index < -0.39 is 0 Å². The first kappa shape index (κ1) is 10.7. The van der Waals surface area contributed by atoms with Gasteiger partial charge in [0.15, 0.2) is 0 Å². The van der Waals surface area contributed by atoms with Crippen LogP contribution in [0.15, 0.2) is 18.2 Å². The van der Waals surface area contributed by atoms with Crippen molar-refractivity contribution in [3.63, 3.8) is 0 Å². The minimum absolute atomic E-state index is 0.228. The second-order valence-electron chi connectivity index (χ2n) is 3.12. The molecule has 1 aromatic rings. The Morgan fingerprint density at radius 2 is 2.00 bits per heavy atom. The molecule has 0 saturated carbocycles. The maximum atomic E-state index is 11.0. The van der Waals surface area contributed by atoms with Crippen LogP contribution < -0.4 is 0 Å². The predicted octanol–water partition coefficient (Wildman–Crippen LogP) is 2.99. The van der Waals surface area contributed by atoms with Crippen molar-refractivity contribution >= 4 is 28.4 Å². The van der Waals surface area contributed by atoms with Crippen molar-refractivity contribution in [3.05, 3.63) is 32.9 Å². The molecule has 1 aromatic carbocycles. The van der Waals surface area contributed by atoms with Crippen LogP contribution in [0.2, 0.25) is 0 Å². The lowest BCUT2D eigenvalue weighted by atomic mass is 10.1. The monoisotopic (exact) mass is 288 g/mol. The fourth-order valence-corrected chi connectivity index (χ4v) is 2.24. The average molecular weight is 288 g/mol. The van der Waals surface area contributed by atoms with E-state index in [1.807, 2.05) is 12.1 Å². The maximum Gasteiger partial charge on any atom is 0.134 e.